The van der Waals surface area contributed by atoms with Gasteiger partial charge in [-0.3, -0.25) is 0 Å². The van der Waals surface area contributed by atoms with E-state index in [0.717, 1.165) is 10.1 Å². The van der Waals surface area contributed by atoms with Crippen LogP contribution in [0.25, 0.3) is 10.1 Å². The smallest absolute Gasteiger partial charge is 0.142 e. The summed E-state index contributed by atoms with van der Waals surface area (Å²) in [4.78, 5) is 0. The number of fused-ring (bicyclic) bond motifs is 1. The molecule has 2 rings (SSSR count). The Morgan fingerprint density at radius 2 is 2.11 bits per heavy atom. The molecule has 0 nitrogen and oxygen atoms in total. The van der Waals surface area contributed by atoms with Gasteiger partial charge >= 0.3 is 0 Å². The van der Waals surface area contributed by atoms with E-state index < -0.39 is 0 Å². The van der Waals surface area contributed by atoms with Gasteiger partial charge in [0.1, 0.15) is 5.82 Å². The zero-order valence-electron chi connectivity index (χ0n) is 4.43. The molecule has 0 N–H and O–H groups in total. The average molecular weight is 158 g/mol. The number of hydrogen-bond acceptors (Lipinski definition) is 2. The van der Waals surface area contributed by atoms with Crippen molar-refractivity contribution in [3.63, 3.8) is 0 Å². The molecule has 2 aromatic rings. The maximum atomic E-state index is 12.6. The second kappa shape index (κ2) is 1.78. The average Bonchev–Trinajstić information content (AvgIpc) is 2.35. The van der Waals surface area contributed by atoms with Gasteiger partial charge in [-0.15, -0.1) is 11.3 Å². The Bertz CT molecular complexity index is 320. The van der Waals surface area contributed by atoms with Crippen molar-refractivity contribution in [2.24, 2.45) is 0 Å². The van der Waals surface area contributed by atoms with Crippen molar-refractivity contribution in [2.75, 3.05) is 0 Å². The number of halogens is 1. The highest BCUT2D eigenvalue weighted by atomic mass is 32.1. The van der Waals surface area contributed by atoms with E-state index in [1.165, 1.54) is 16.7 Å². The fourth-order valence-electron chi connectivity index (χ4n) is 0.729. The van der Waals surface area contributed by atoms with E-state index >= 15 is 0 Å². The third kappa shape index (κ3) is 0.686. The van der Waals surface area contributed by atoms with Crippen molar-refractivity contribution in [1.82, 2.24) is 0 Å². The minimum Gasteiger partial charge on any atom is -0.205 e. The molecule has 3 heteroatoms. The molecule has 0 aliphatic carbocycles. The highest BCUT2D eigenvalue weighted by Crippen LogP contribution is 2.27. The van der Waals surface area contributed by atoms with Crippen LogP contribution in [0.15, 0.2) is 16.1 Å². The first kappa shape index (κ1) is 5.38. The Kier molecular flexibility index (Phi) is 1.07. The quantitative estimate of drug-likeness (QED) is 0.552. The second-order valence-electron chi connectivity index (χ2n) is 1.73. The van der Waals surface area contributed by atoms with Crippen LogP contribution >= 0.6 is 22.7 Å². The fourth-order valence-corrected chi connectivity index (χ4v) is 2.53. The summed E-state index contributed by atoms with van der Waals surface area (Å²) in [6, 6.07) is 0. The van der Waals surface area contributed by atoms with Gasteiger partial charge in [-0.25, -0.2) is 4.39 Å². The fraction of sp³-hybridized carbons (Fsp3) is 0. The normalized spacial score (nSPS) is 10.8. The van der Waals surface area contributed by atoms with Gasteiger partial charge in [-0.2, -0.15) is 11.3 Å². The molecule has 0 saturated carbocycles. The number of hydrogen-bond donors (Lipinski definition) is 0. The first-order valence-electron chi connectivity index (χ1n) is 2.47. The van der Waals surface area contributed by atoms with Crippen LogP contribution in [0.1, 0.15) is 0 Å². The highest BCUT2D eigenvalue weighted by Gasteiger charge is 2.01. The zero-order valence-corrected chi connectivity index (χ0v) is 6.06. The van der Waals surface area contributed by atoms with Crippen LogP contribution in [-0.4, -0.2) is 0 Å². The van der Waals surface area contributed by atoms with Crippen molar-refractivity contribution in [2.45, 2.75) is 0 Å². The molecule has 0 aliphatic heterocycles. The molecule has 0 unspecified atom stereocenters. The van der Waals surface area contributed by atoms with E-state index in [1.807, 2.05) is 10.8 Å². The van der Waals surface area contributed by atoms with Crippen molar-refractivity contribution in [3.8, 4) is 0 Å². The largest absolute Gasteiger partial charge is 0.205 e. The van der Waals surface area contributed by atoms with E-state index in [4.69, 9.17) is 0 Å². The highest BCUT2D eigenvalue weighted by molar-refractivity contribution is 7.21. The topological polar surface area (TPSA) is 0 Å². The monoisotopic (exact) mass is 158 g/mol. The van der Waals surface area contributed by atoms with Crippen LogP contribution in [0.4, 0.5) is 4.39 Å². The maximum Gasteiger partial charge on any atom is 0.142 e. The van der Waals surface area contributed by atoms with E-state index in [1.54, 1.807) is 11.3 Å². The molecule has 0 fully saturated rings. The van der Waals surface area contributed by atoms with Gasteiger partial charge in [0.2, 0.25) is 0 Å². The van der Waals surface area contributed by atoms with Crippen LogP contribution < -0.4 is 0 Å². The molecule has 0 aliphatic rings. The van der Waals surface area contributed by atoms with Gasteiger partial charge in [0.25, 0.3) is 0 Å². The first-order valence-corrected chi connectivity index (χ1v) is 4.29. The second-order valence-corrected chi connectivity index (χ2v) is 3.39. The molecule has 46 valence electrons. The molecule has 0 spiro atoms. The van der Waals surface area contributed by atoms with E-state index in [0.29, 0.717) is 0 Å². The van der Waals surface area contributed by atoms with Gasteiger partial charge in [0.15, 0.2) is 0 Å². The molecule has 0 bridgehead atoms. The van der Waals surface area contributed by atoms with E-state index in [-0.39, 0.29) is 5.82 Å². The summed E-state index contributed by atoms with van der Waals surface area (Å²) in [6.07, 6.45) is 0. The Labute approximate surface area is 59.6 Å². The van der Waals surface area contributed by atoms with Crippen molar-refractivity contribution in [3.05, 3.63) is 22.0 Å². The minimum atomic E-state index is -0.0868. The lowest BCUT2D eigenvalue weighted by Crippen LogP contribution is -1.56. The lowest BCUT2D eigenvalue weighted by Gasteiger charge is -1.71. The molecule has 0 aromatic carbocycles. The van der Waals surface area contributed by atoms with Crippen LogP contribution in [0.2, 0.25) is 0 Å². The molecular formula is C6H3FS2. The van der Waals surface area contributed by atoms with Crippen LogP contribution in [0.5, 0.6) is 0 Å². The standard InChI is InChI=1S/C6H3FS2/c7-5-2-9-6-3-8-1-4(5)6/h1-3H. The van der Waals surface area contributed by atoms with E-state index in [9.17, 15) is 4.39 Å². The summed E-state index contributed by atoms with van der Waals surface area (Å²) in [7, 11) is 0. The number of rotatable bonds is 0. The van der Waals surface area contributed by atoms with Gasteiger partial charge in [-0.05, 0) is 0 Å². The third-order valence-electron chi connectivity index (χ3n) is 1.17. The number of thiophene rings is 2. The summed E-state index contributed by atoms with van der Waals surface area (Å²) in [6.45, 7) is 0. The summed E-state index contributed by atoms with van der Waals surface area (Å²) < 4.78 is 13.6. The summed E-state index contributed by atoms with van der Waals surface area (Å²) >= 11 is 3.00. The molecule has 0 saturated heterocycles. The molecular weight excluding hydrogens is 155 g/mol. The Morgan fingerprint density at radius 3 is 2.89 bits per heavy atom. The first-order chi connectivity index (χ1) is 4.38. The lowest BCUT2D eigenvalue weighted by atomic mass is 10.4. The third-order valence-corrected chi connectivity index (χ3v) is 2.98. The SMILES string of the molecule is Fc1csc2cscc12. The molecule has 0 radical (unpaired) electrons. The van der Waals surface area contributed by atoms with Crippen molar-refractivity contribution in [1.29, 1.82) is 0 Å². The van der Waals surface area contributed by atoms with Crippen LogP contribution in [0.3, 0.4) is 0 Å². The Hall–Kier alpha value is -0.410. The predicted octanol–water partition coefficient (Wildman–Crippen LogP) is 3.10. The van der Waals surface area contributed by atoms with Gasteiger partial charge in [0.05, 0.1) is 0 Å². The van der Waals surface area contributed by atoms with E-state index in [2.05, 4.69) is 0 Å². The summed E-state index contributed by atoms with van der Waals surface area (Å²) in [5, 5.41) is 6.10. The van der Waals surface area contributed by atoms with Crippen molar-refractivity contribution < 1.29 is 4.39 Å². The van der Waals surface area contributed by atoms with Crippen LogP contribution in [0, 0.1) is 5.82 Å². The maximum absolute atomic E-state index is 12.6. The van der Waals surface area contributed by atoms with Gasteiger partial charge < -0.3 is 0 Å². The molecule has 0 atom stereocenters. The Morgan fingerprint density at radius 1 is 1.22 bits per heavy atom. The van der Waals surface area contributed by atoms with Crippen molar-refractivity contribution >= 4 is 32.8 Å². The Balaban J connectivity index is 2.99. The molecule has 2 aromatic heterocycles. The predicted molar refractivity (Wildman–Crippen MR) is 39.7 cm³/mol. The lowest BCUT2D eigenvalue weighted by molar-refractivity contribution is 0.644. The van der Waals surface area contributed by atoms with Crippen LogP contribution in [-0.2, 0) is 0 Å². The summed E-state index contributed by atoms with van der Waals surface area (Å²) in [5.74, 6) is -0.0868. The van der Waals surface area contributed by atoms with Gasteiger partial charge in [0, 0.05) is 26.2 Å². The molecule has 9 heavy (non-hydrogen) atoms. The minimum absolute atomic E-state index is 0.0868. The summed E-state index contributed by atoms with van der Waals surface area (Å²) in [5.41, 5.74) is 0. The molecule has 0 amide bonds. The molecule has 2 heterocycles. The van der Waals surface area contributed by atoms with Gasteiger partial charge in [-0.1, -0.05) is 0 Å². The zero-order chi connectivity index (χ0) is 6.27.